The summed E-state index contributed by atoms with van der Waals surface area (Å²) in [5.41, 5.74) is 0.486. The third-order valence-corrected chi connectivity index (χ3v) is 8.86. The number of nitrogens with zero attached hydrogens (tertiary/aromatic N) is 2. The van der Waals surface area contributed by atoms with E-state index in [9.17, 15) is 4.79 Å². The molecule has 3 atom stereocenters. The zero-order chi connectivity index (χ0) is 23.5. The summed E-state index contributed by atoms with van der Waals surface area (Å²) < 4.78 is 0. The number of carbonyl (C=O) groups is 1. The Hall–Kier alpha value is -1.85. The van der Waals surface area contributed by atoms with Crippen molar-refractivity contribution in [2.45, 2.75) is 88.6 Å². The number of halogens is 1. The fourth-order valence-corrected chi connectivity index (χ4v) is 6.89. The largest absolute Gasteiger partial charge is 0.367 e. The van der Waals surface area contributed by atoms with E-state index >= 15 is 0 Å². The maximum Gasteiger partial charge on any atom is 0.243 e. The number of rotatable bonds is 7. The molecule has 1 aliphatic heterocycles. The molecule has 34 heavy (non-hydrogen) atoms. The molecule has 2 aromatic rings. The first-order valence-corrected chi connectivity index (χ1v) is 13.7. The Kier molecular flexibility index (Phi) is 7.31. The van der Waals surface area contributed by atoms with Crippen molar-refractivity contribution in [3.05, 3.63) is 35.4 Å². The molecule has 2 N–H and O–H groups in total. The highest BCUT2D eigenvalue weighted by Gasteiger charge is 2.46. The van der Waals surface area contributed by atoms with Crippen molar-refractivity contribution in [2.24, 2.45) is 11.8 Å². The summed E-state index contributed by atoms with van der Waals surface area (Å²) in [5.74, 6) is 2.56. The van der Waals surface area contributed by atoms with E-state index < -0.39 is 0 Å². The maximum absolute atomic E-state index is 13.3. The van der Waals surface area contributed by atoms with Gasteiger partial charge in [-0.2, -0.15) is 0 Å². The number of anilines is 1. The third-order valence-electron chi connectivity index (χ3n) is 8.56. The number of fused-ring (bicyclic) bond motifs is 1. The molecule has 1 saturated heterocycles. The van der Waals surface area contributed by atoms with Crippen molar-refractivity contribution in [2.75, 3.05) is 19.0 Å². The summed E-state index contributed by atoms with van der Waals surface area (Å²) >= 11 is 6.38. The summed E-state index contributed by atoms with van der Waals surface area (Å²) in [6, 6.07) is 10.4. The topological polar surface area (TPSA) is 57.3 Å². The van der Waals surface area contributed by atoms with Gasteiger partial charge in [-0.15, -0.1) is 0 Å². The van der Waals surface area contributed by atoms with Gasteiger partial charge in [0.2, 0.25) is 5.91 Å². The number of likely N-dealkylation sites (N-methyl/N-ethyl adjacent to an activating group) is 1. The summed E-state index contributed by atoms with van der Waals surface area (Å²) in [6.07, 6.45) is 14.6. The quantitative estimate of drug-likeness (QED) is 0.481. The predicted octanol–water partition coefficient (Wildman–Crippen LogP) is 6.37. The molecule has 3 fully saturated rings. The van der Waals surface area contributed by atoms with Crippen LogP contribution >= 0.6 is 11.6 Å². The summed E-state index contributed by atoms with van der Waals surface area (Å²) in [4.78, 5) is 20.0. The van der Waals surface area contributed by atoms with Crippen LogP contribution in [-0.2, 0) is 4.79 Å². The number of aromatic nitrogens is 1. The molecule has 2 heterocycles. The first-order chi connectivity index (χ1) is 16.5. The summed E-state index contributed by atoms with van der Waals surface area (Å²) in [5, 5.41) is 9.12. The van der Waals surface area contributed by atoms with Crippen LogP contribution in [0.2, 0.25) is 5.02 Å². The molecule has 1 aromatic carbocycles. The highest BCUT2D eigenvalue weighted by molar-refractivity contribution is 6.35. The van der Waals surface area contributed by atoms with Crippen molar-refractivity contribution in [1.29, 1.82) is 0 Å². The maximum atomic E-state index is 13.3. The van der Waals surface area contributed by atoms with Gasteiger partial charge in [0.15, 0.2) is 0 Å². The Morgan fingerprint density at radius 3 is 2.71 bits per heavy atom. The second-order valence-electron chi connectivity index (χ2n) is 11.0. The average Bonchev–Trinajstić information content (AvgIpc) is 3.13. The van der Waals surface area contributed by atoms with E-state index in [-0.39, 0.29) is 5.54 Å². The highest BCUT2D eigenvalue weighted by atomic mass is 35.5. The van der Waals surface area contributed by atoms with Gasteiger partial charge in [-0.25, -0.2) is 4.98 Å². The Bertz CT molecular complexity index is 1010. The lowest BCUT2D eigenvalue weighted by atomic mass is 9.74. The van der Waals surface area contributed by atoms with Gasteiger partial charge in [-0.1, -0.05) is 68.7 Å². The zero-order valence-corrected chi connectivity index (χ0v) is 21.2. The monoisotopic (exact) mass is 482 g/mol. The van der Waals surface area contributed by atoms with Crippen LogP contribution in [0.15, 0.2) is 30.3 Å². The minimum absolute atomic E-state index is 0.309. The fourth-order valence-electron chi connectivity index (χ4n) is 6.67. The predicted molar refractivity (Wildman–Crippen MR) is 140 cm³/mol. The smallest absolute Gasteiger partial charge is 0.243 e. The van der Waals surface area contributed by atoms with Gasteiger partial charge in [-0.3, -0.25) is 10.1 Å². The number of benzene rings is 1. The van der Waals surface area contributed by atoms with Crippen LogP contribution < -0.4 is 10.6 Å². The molecule has 5 rings (SSSR count). The molecule has 2 saturated carbocycles. The minimum atomic E-state index is -0.368. The Morgan fingerprint density at radius 1 is 1.09 bits per heavy atom. The van der Waals surface area contributed by atoms with Crippen LogP contribution in [-0.4, -0.2) is 41.1 Å². The normalized spacial score (nSPS) is 28.5. The van der Waals surface area contributed by atoms with E-state index in [1.807, 2.05) is 30.1 Å². The van der Waals surface area contributed by atoms with Crippen LogP contribution in [0.25, 0.3) is 10.9 Å². The molecule has 2 aliphatic carbocycles. The zero-order valence-electron chi connectivity index (χ0n) is 20.5. The number of para-hydroxylation sites is 1. The second-order valence-corrected chi connectivity index (χ2v) is 11.5. The van der Waals surface area contributed by atoms with Gasteiger partial charge in [0, 0.05) is 18.5 Å². The third kappa shape index (κ3) is 5.21. The molecule has 0 bridgehead atoms. The van der Waals surface area contributed by atoms with Gasteiger partial charge >= 0.3 is 0 Å². The highest BCUT2D eigenvalue weighted by Crippen LogP contribution is 2.38. The molecule has 5 nitrogen and oxygen atoms in total. The fraction of sp³-hybridized carbons (Fsp3) is 0.643. The van der Waals surface area contributed by atoms with Crippen LogP contribution in [0.5, 0.6) is 0 Å². The lowest BCUT2D eigenvalue weighted by Gasteiger charge is -2.37. The SMILES string of the molecule is CN1CN[C@@](CCC2CCCCC2)(C[C@H]2CCCC(Nc3ccc4cccc(Cl)c4n3)C2)C1=O. The van der Waals surface area contributed by atoms with Crippen LogP contribution in [0, 0.1) is 11.8 Å². The number of pyridine rings is 1. The Morgan fingerprint density at radius 2 is 1.91 bits per heavy atom. The molecule has 1 aromatic heterocycles. The van der Waals surface area contributed by atoms with E-state index in [0.717, 1.165) is 48.3 Å². The summed E-state index contributed by atoms with van der Waals surface area (Å²) in [7, 11) is 1.94. The van der Waals surface area contributed by atoms with Crippen molar-refractivity contribution >= 4 is 34.2 Å². The Balaban J connectivity index is 1.24. The van der Waals surface area contributed by atoms with Crippen LogP contribution in [0.4, 0.5) is 5.82 Å². The van der Waals surface area contributed by atoms with Crippen molar-refractivity contribution in [3.8, 4) is 0 Å². The van der Waals surface area contributed by atoms with E-state index in [1.54, 1.807) is 0 Å². The number of hydrogen-bond donors (Lipinski definition) is 2. The lowest BCUT2D eigenvalue weighted by Crippen LogP contribution is -2.49. The first kappa shape index (κ1) is 23.9. The van der Waals surface area contributed by atoms with Gasteiger partial charge in [-0.05, 0) is 62.1 Å². The number of nitrogens with one attached hydrogen (secondary N) is 2. The van der Waals surface area contributed by atoms with Crippen molar-refractivity contribution < 1.29 is 4.79 Å². The lowest BCUT2D eigenvalue weighted by molar-refractivity contribution is -0.132. The van der Waals surface area contributed by atoms with Crippen molar-refractivity contribution in [1.82, 2.24) is 15.2 Å². The molecular formula is C28H39ClN4O. The molecule has 0 radical (unpaired) electrons. The molecule has 6 heteroatoms. The van der Waals surface area contributed by atoms with E-state index in [2.05, 4.69) is 22.8 Å². The molecule has 1 amide bonds. The van der Waals surface area contributed by atoms with Crippen molar-refractivity contribution in [3.63, 3.8) is 0 Å². The van der Waals surface area contributed by atoms with Gasteiger partial charge in [0.25, 0.3) is 0 Å². The van der Waals surface area contributed by atoms with Crippen LogP contribution in [0.3, 0.4) is 0 Å². The van der Waals surface area contributed by atoms with E-state index in [4.69, 9.17) is 16.6 Å². The Labute approximate surface area is 209 Å². The molecule has 184 valence electrons. The van der Waals surface area contributed by atoms with Crippen LogP contribution in [0.1, 0.15) is 77.0 Å². The number of hydrogen-bond acceptors (Lipinski definition) is 4. The van der Waals surface area contributed by atoms with E-state index in [1.165, 1.54) is 51.4 Å². The molecule has 1 unspecified atom stereocenters. The second kappa shape index (κ2) is 10.4. The molecular weight excluding hydrogens is 444 g/mol. The number of amides is 1. The number of carbonyl (C=O) groups excluding carboxylic acids is 1. The minimum Gasteiger partial charge on any atom is -0.367 e. The molecule has 0 spiro atoms. The standard InChI is InChI=1S/C28H39ClN4O/c1-33-19-30-28(27(33)34,16-15-20-7-3-2-4-8-20)18-21-9-5-11-23(17-21)31-25-14-13-22-10-6-12-24(29)26(22)32-25/h6,10,12-14,20-21,23,30H,2-5,7-9,11,15-19H2,1H3,(H,31,32)/t21-,23?,28-/m0/s1. The van der Waals surface area contributed by atoms with Gasteiger partial charge in [0.1, 0.15) is 5.82 Å². The molecule has 3 aliphatic rings. The van der Waals surface area contributed by atoms with Gasteiger partial charge in [0.05, 0.1) is 22.7 Å². The first-order valence-electron chi connectivity index (χ1n) is 13.3. The average molecular weight is 483 g/mol. The van der Waals surface area contributed by atoms with Gasteiger partial charge < -0.3 is 10.2 Å². The summed E-state index contributed by atoms with van der Waals surface area (Å²) in [6.45, 7) is 0.680. The van der Waals surface area contributed by atoms with E-state index in [0.29, 0.717) is 29.6 Å².